The molecule has 0 spiro atoms. The normalized spacial score (nSPS) is 12.2. The Labute approximate surface area is 123 Å². The van der Waals surface area contributed by atoms with Crippen LogP contribution in [-0.2, 0) is 0 Å². The number of carbonyl (C=O) groups excluding carboxylic acids is 1. The third-order valence-electron chi connectivity index (χ3n) is 2.53. The molecule has 3 nitrogen and oxygen atoms in total. The fraction of sp³-hybridized carbons (Fsp3) is 0.231. The molecule has 2 aromatic rings. The van der Waals surface area contributed by atoms with Crippen LogP contribution >= 0.6 is 27.3 Å². The summed E-state index contributed by atoms with van der Waals surface area (Å²) in [5, 5.41) is 5.56. The van der Waals surface area contributed by atoms with E-state index in [4.69, 9.17) is 0 Å². The Hall–Kier alpha value is -1.27. The van der Waals surface area contributed by atoms with Gasteiger partial charge in [0.05, 0.1) is 11.6 Å². The van der Waals surface area contributed by atoms with E-state index in [1.807, 2.05) is 19.2 Å². The largest absolute Gasteiger partial charge is 0.343 e. The molecule has 100 valence electrons. The van der Waals surface area contributed by atoms with Crippen LogP contribution in [0.3, 0.4) is 0 Å². The topological polar surface area (TPSA) is 42.0 Å². The lowest BCUT2D eigenvalue weighted by molar-refractivity contribution is 0.0938. The van der Waals surface area contributed by atoms with E-state index in [-0.39, 0.29) is 17.5 Å². The highest BCUT2D eigenvalue weighted by atomic mass is 79.9. The lowest BCUT2D eigenvalue weighted by Crippen LogP contribution is -2.27. The standard InChI is InChI=1S/C13H12BrFN2OS/c1-7-6-19-13(16-7)8(2)17-12(18)10-5-9(15)3-4-11(10)14/h3-6,8H,1-2H3,(H,17,18). The zero-order valence-corrected chi connectivity index (χ0v) is 12.8. The maximum Gasteiger partial charge on any atom is 0.253 e. The number of rotatable bonds is 3. The van der Waals surface area contributed by atoms with Crippen molar-refractivity contribution in [1.29, 1.82) is 0 Å². The zero-order valence-electron chi connectivity index (χ0n) is 10.4. The number of nitrogens with one attached hydrogen (secondary N) is 1. The van der Waals surface area contributed by atoms with Gasteiger partial charge in [-0.25, -0.2) is 9.37 Å². The summed E-state index contributed by atoms with van der Waals surface area (Å²) in [5.41, 5.74) is 1.20. The summed E-state index contributed by atoms with van der Waals surface area (Å²) in [6, 6.07) is 3.82. The molecule has 0 aliphatic rings. The second kappa shape index (κ2) is 5.79. The minimum Gasteiger partial charge on any atom is -0.343 e. The molecule has 19 heavy (non-hydrogen) atoms. The zero-order chi connectivity index (χ0) is 14.0. The summed E-state index contributed by atoms with van der Waals surface area (Å²) in [7, 11) is 0. The van der Waals surface area contributed by atoms with Crippen LogP contribution in [0.4, 0.5) is 4.39 Å². The summed E-state index contributed by atoms with van der Waals surface area (Å²) in [6.07, 6.45) is 0. The molecule has 0 fully saturated rings. The number of aryl methyl sites for hydroxylation is 1. The molecule has 6 heteroatoms. The smallest absolute Gasteiger partial charge is 0.253 e. The van der Waals surface area contributed by atoms with Crippen LogP contribution in [0.15, 0.2) is 28.1 Å². The van der Waals surface area contributed by atoms with Gasteiger partial charge in [-0.2, -0.15) is 0 Å². The van der Waals surface area contributed by atoms with Crippen LogP contribution in [0.5, 0.6) is 0 Å². The first-order valence-corrected chi connectivity index (χ1v) is 7.32. The van der Waals surface area contributed by atoms with Crippen LogP contribution in [0.2, 0.25) is 0 Å². The third-order valence-corrected chi connectivity index (χ3v) is 4.36. The minimum absolute atomic E-state index is 0.207. The van der Waals surface area contributed by atoms with Gasteiger partial charge < -0.3 is 5.32 Å². The number of benzene rings is 1. The third kappa shape index (κ3) is 3.39. The molecule has 0 radical (unpaired) electrons. The van der Waals surface area contributed by atoms with Crippen molar-refractivity contribution in [2.45, 2.75) is 19.9 Å². The predicted octanol–water partition coefficient (Wildman–Crippen LogP) is 3.84. The highest BCUT2D eigenvalue weighted by molar-refractivity contribution is 9.10. The molecular formula is C13H12BrFN2OS. The second-order valence-corrected chi connectivity index (χ2v) is 5.89. The van der Waals surface area contributed by atoms with E-state index in [0.717, 1.165) is 10.7 Å². The van der Waals surface area contributed by atoms with Gasteiger partial charge in [0.2, 0.25) is 0 Å². The van der Waals surface area contributed by atoms with Crippen molar-refractivity contribution >= 4 is 33.2 Å². The molecule has 1 aromatic heterocycles. The van der Waals surface area contributed by atoms with Gasteiger partial charge in [0, 0.05) is 15.5 Å². The minimum atomic E-state index is -0.439. The average Bonchev–Trinajstić information content (AvgIpc) is 2.79. The first-order chi connectivity index (χ1) is 8.97. The molecule has 1 N–H and O–H groups in total. The Kier molecular flexibility index (Phi) is 4.31. The SMILES string of the molecule is Cc1csc(C(C)NC(=O)c2cc(F)ccc2Br)n1. The van der Waals surface area contributed by atoms with E-state index in [0.29, 0.717) is 4.47 Å². The van der Waals surface area contributed by atoms with Gasteiger partial charge >= 0.3 is 0 Å². The van der Waals surface area contributed by atoms with Crippen LogP contribution in [0.25, 0.3) is 0 Å². The summed E-state index contributed by atoms with van der Waals surface area (Å²) in [5.74, 6) is -0.766. The lowest BCUT2D eigenvalue weighted by atomic mass is 10.2. The molecular weight excluding hydrogens is 331 g/mol. The molecule has 2 rings (SSSR count). The molecule has 0 aliphatic carbocycles. The Morgan fingerprint density at radius 3 is 2.89 bits per heavy atom. The summed E-state index contributed by atoms with van der Waals surface area (Å²) in [4.78, 5) is 16.4. The van der Waals surface area contributed by atoms with Crippen LogP contribution in [-0.4, -0.2) is 10.9 Å². The Morgan fingerprint density at radius 1 is 1.53 bits per heavy atom. The van der Waals surface area contributed by atoms with Crippen LogP contribution < -0.4 is 5.32 Å². The van der Waals surface area contributed by atoms with Crippen molar-refractivity contribution in [3.05, 3.63) is 50.1 Å². The average molecular weight is 343 g/mol. The molecule has 1 atom stereocenters. The summed E-state index contributed by atoms with van der Waals surface area (Å²) >= 11 is 4.73. The molecule has 0 saturated carbocycles. The van der Waals surface area contributed by atoms with E-state index >= 15 is 0 Å². The summed E-state index contributed by atoms with van der Waals surface area (Å²) < 4.78 is 13.7. The summed E-state index contributed by atoms with van der Waals surface area (Å²) in [6.45, 7) is 3.75. The molecule has 1 amide bonds. The maximum absolute atomic E-state index is 13.2. The number of aromatic nitrogens is 1. The molecule has 0 bridgehead atoms. The van der Waals surface area contributed by atoms with Crippen molar-refractivity contribution in [2.75, 3.05) is 0 Å². The van der Waals surface area contributed by atoms with Gasteiger partial charge in [0.25, 0.3) is 5.91 Å². The molecule has 0 aliphatic heterocycles. The first-order valence-electron chi connectivity index (χ1n) is 5.65. The fourth-order valence-electron chi connectivity index (χ4n) is 1.58. The first kappa shape index (κ1) is 14.1. The van der Waals surface area contributed by atoms with Crippen LogP contribution in [0, 0.1) is 12.7 Å². The van der Waals surface area contributed by atoms with E-state index in [1.54, 1.807) is 0 Å². The Morgan fingerprint density at radius 2 is 2.26 bits per heavy atom. The van der Waals surface area contributed by atoms with Gasteiger partial charge in [0.1, 0.15) is 10.8 Å². The van der Waals surface area contributed by atoms with Gasteiger partial charge in [-0.1, -0.05) is 0 Å². The Balaban J connectivity index is 2.15. The highest BCUT2D eigenvalue weighted by Gasteiger charge is 2.16. The van der Waals surface area contributed by atoms with Crippen molar-refractivity contribution in [3.63, 3.8) is 0 Å². The number of halogens is 2. The molecule has 1 aromatic carbocycles. The van der Waals surface area contributed by atoms with E-state index in [2.05, 4.69) is 26.2 Å². The number of nitrogens with zero attached hydrogens (tertiary/aromatic N) is 1. The molecule has 1 heterocycles. The number of carbonyl (C=O) groups is 1. The number of thiazole rings is 1. The van der Waals surface area contributed by atoms with Crippen molar-refractivity contribution < 1.29 is 9.18 Å². The second-order valence-electron chi connectivity index (χ2n) is 4.15. The van der Waals surface area contributed by atoms with Crippen molar-refractivity contribution in [1.82, 2.24) is 10.3 Å². The molecule has 0 saturated heterocycles. The lowest BCUT2D eigenvalue weighted by Gasteiger charge is -2.12. The monoisotopic (exact) mass is 342 g/mol. The quantitative estimate of drug-likeness (QED) is 0.920. The van der Waals surface area contributed by atoms with E-state index in [9.17, 15) is 9.18 Å². The van der Waals surface area contributed by atoms with Crippen molar-refractivity contribution in [3.8, 4) is 0 Å². The number of amides is 1. The van der Waals surface area contributed by atoms with Gasteiger partial charge in [-0.05, 0) is 48.0 Å². The van der Waals surface area contributed by atoms with Gasteiger partial charge in [-0.15, -0.1) is 11.3 Å². The van der Waals surface area contributed by atoms with E-state index < -0.39 is 5.82 Å². The highest BCUT2D eigenvalue weighted by Crippen LogP contribution is 2.21. The van der Waals surface area contributed by atoms with Gasteiger partial charge in [0.15, 0.2) is 0 Å². The number of hydrogen-bond acceptors (Lipinski definition) is 3. The molecule has 1 unspecified atom stereocenters. The number of hydrogen-bond donors (Lipinski definition) is 1. The van der Waals surface area contributed by atoms with Crippen molar-refractivity contribution in [2.24, 2.45) is 0 Å². The van der Waals surface area contributed by atoms with E-state index in [1.165, 1.54) is 29.5 Å². The predicted molar refractivity (Wildman–Crippen MR) is 76.8 cm³/mol. The maximum atomic E-state index is 13.2. The Bertz CT molecular complexity index is 614. The van der Waals surface area contributed by atoms with Gasteiger partial charge in [-0.3, -0.25) is 4.79 Å². The van der Waals surface area contributed by atoms with Crippen LogP contribution in [0.1, 0.15) is 34.0 Å². The fourth-order valence-corrected chi connectivity index (χ4v) is 2.81.